The number of hydrogen-bond donors (Lipinski definition) is 0. The molecule has 0 heterocycles. The molecule has 0 radical (unpaired) electrons. The number of allylic oxidation sites excluding steroid dienone is 1. The maximum Gasteiger partial charge on any atom is 0.185 e. The summed E-state index contributed by atoms with van der Waals surface area (Å²) in [4.78, 5) is 12.0. The molecule has 2 aromatic carbocycles. The van der Waals surface area contributed by atoms with E-state index in [1.807, 2.05) is 18.2 Å². The zero-order chi connectivity index (χ0) is 14.4. The van der Waals surface area contributed by atoms with Gasteiger partial charge < -0.3 is 0 Å². The van der Waals surface area contributed by atoms with Gasteiger partial charge in [-0.2, -0.15) is 10.5 Å². The number of nitrogens with zero attached hydrogens (tertiary/aromatic N) is 2. The van der Waals surface area contributed by atoms with Crippen molar-refractivity contribution in [3.05, 3.63) is 76.9 Å². The highest BCUT2D eigenvalue weighted by atomic mass is 16.1. The van der Waals surface area contributed by atoms with Crippen molar-refractivity contribution < 1.29 is 4.79 Å². The Balaban J connectivity index is 2.36. The minimum absolute atomic E-state index is 0.165. The van der Waals surface area contributed by atoms with Gasteiger partial charge >= 0.3 is 0 Å². The fourth-order valence-electron chi connectivity index (χ4n) is 1.80. The molecule has 0 fully saturated rings. The molecule has 0 bridgehead atoms. The van der Waals surface area contributed by atoms with Crippen molar-refractivity contribution in [1.29, 1.82) is 10.5 Å². The summed E-state index contributed by atoms with van der Waals surface area (Å²) in [6.45, 7) is 0. The molecule has 20 heavy (non-hydrogen) atoms. The molecule has 3 nitrogen and oxygen atoms in total. The second-order valence-electron chi connectivity index (χ2n) is 4.05. The third kappa shape index (κ3) is 2.80. The van der Waals surface area contributed by atoms with Crippen molar-refractivity contribution in [1.82, 2.24) is 0 Å². The largest absolute Gasteiger partial charge is 0.289 e. The number of nitriles is 2. The topological polar surface area (TPSA) is 64.7 Å². The maximum atomic E-state index is 12.0. The van der Waals surface area contributed by atoms with Crippen LogP contribution in [0.1, 0.15) is 27.0 Å². The molecule has 2 aromatic rings. The second kappa shape index (κ2) is 6.13. The first-order chi connectivity index (χ1) is 9.76. The van der Waals surface area contributed by atoms with Crippen LogP contribution in [0.3, 0.4) is 0 Å². The van der Waals surface area contributed by atoms with Crippen LogP contribution in [0.25, 0.3) is 6.08 Å². The minimum atomic E-state index is -0.165. The summed E-state index contributed by atoms with van der Waals surface area (Å²) in [5.74, 6) is -0.165. The first kappa shape index (κ1) is 13.3. The van der Waals surface area contributed by atoms with Gasteiger partial charge in [0.2, 0.25) is 0 Å². The normalized spacial score (nSPS) is 9.90. The van der Waals surface area contributed by atoms with E-state index < -0.39 is 0 Å². The smallest absolute Gasteiger partial charge is 0.185 e. The SMILES string of the molecule is N#Cc1cccc(C#N)c1C=CC(=O)c1ccccc1. The molecular formula is C17H10N2O. The van der Waals surface area contributed by atoms with Gasteiger partial charge in [0.25, 0.3) is 0 Å². The molecule has 0 saturated heterocycles. The quantitative estimate of drug-likeness (QED) is 0.626. The minimum Gasteiger partial charge on any atom is -0.289 e. The van der Waals surface area contributed by atoms with Gasteiger partial charge in [0.05, 0.1) is 23.3 Å². The molecule has 94 valence electrons. The monoisotopic (exact) mass is 258 g/mol. The van der Waals surface area contributed by atoms with E-state index in [4.69, 9.17) is 10.5 Å². The average molecular weight is 258 g/mol. The Morgan fingerprint density at radius 2 is 1.50 bits per heavy atom. The Labute approximate surface area is 117 Å². The lowest BCUT2D eigenvalue weighted by Crippen LogP contribution is -1.94. The van der Waals surface area contributed by atoms with E-state index in [0.717, 1.165) is 0 Å². The standard InChI is InChI=1S/C17H10N2O/c18-11-14-7-4-8-15(12-19)16(14)9-10-17(20)13-5-2-1-3-6-13/h1-10H. The zero-order valence-corrected chi connectivity index (χ0v) is 10.6. The van der Waals surface area contributed by atoms with E-state index in [1.165, 1.54) is 12.2 Å². The van der Waals surface area contributed by atoms with Crippen molar-refractivity contribution in [2.45, 2.75) is 0 Å². The van der Waals surface area contributed by atoms with Crippen LogP contribution in [0.15, 0.2) is 54.6 Å². The fourth-order valence-corrected chi connectivity index (χ4v) is 1.80. The number of benzene rings is 2. The van der Waals surface area contributed by atoms with E-state index in [-0.39, 0.29) is 5.78 Å². The molecule has 3 heteroatoms. The van der Waals surface area contributed by atoms with Crippen molar-refractivity contribution in [3.63, 3.8) is 0 Å². The molecule has 0 spiro atoms. The van der Waals surface area contributed by atoms with Gasteiger partial charge in [-0.05, 0) is 24.3 Å². The van der Waals surface area contributed by atoms with Crippen molar-refractivity contribution in [2.24, 2.45) is 0 Å². The fraction of sp³-hybridized carbons (Fsp3) is 0. The van der Waals surface area contributed by atoms with E-state index in [9.17, 15) is 4.79 Å². The van der Waals surface area contributed by atoms with Gasteiger partial charge in [0.1, 0.15) is 0 Å². The first-order valence-electron chi connectivity index (χ1n) is 5.97. The van der Waals surface area contributed by atoms with Gasteiger partial charge in [-0.3, -0.25) is 4.79 Å². The lowest BCUT2D eigenvalue weighted by Gasteiger charge is -2.00. The Morgan fingerprint density at radius 3 is 2.05 bits per heavy atom. The highest BCUT2D eigenvalue weighted by Crippen LogP contribution is 2.16. The van der Waals surface area contributed by atoms with E-state index in [1.54, 1.807) is 42.5 Å². The Bertz CT molecular complexity index is 715. The van der Waals surface area contributed by atoms with Crippen LogP contribution in [0, 0.1) is 22.7 Å². The lowest BCUT2D eigenvalue weighted by molar-refractivity contribution is 0.104. The highest BCUT2D eigenvalue weighted by molar-refractivity contribution is 6.07. The predicted octanol–water partition coefficient (Wildman–Crippen LogP) is 3.33. The number of hydrogen-bond acceptors (Lipinski definition) is 3. The number of rotatable bonds is 3. The molecule has 0 unspecified atom stereocenters. The summed E-state index contributed by atoms with van der Waals surface area (Å²) in [5.41, 5.74) is 1.79. The zero-order valence-electron chi connectivity index (χ0n) is 10.6. The van der Waals surface area contributed by atoms with Gasteiger partial charge in [0.15, 0.2) is 5.78 Å². The Morgan fingerprint density at radius 1 is 0.900 bits per heavy atom. The molecule has 0 amide bonds. The van der Waals surface area contributed by atoms with Crippen LogP contribution in [0.4, 0.5) is 0 Å². The van der Waals surface area contributed by atoms with Gasteiger partial charge in [-0.1, -0.05) is 36.4 Å². The average Bonchev–Trinajstić information content (AvgIpc) is 2.52. The number of carbonyl (C=O) groups is 1. The maximum absolute atomic E-state index is 12.0. The van der Waals surface area contributed by atoms with E-state index in [0.29, 0.717) is 22.3 Å². The predicted molar refractivity (Wildman–Crippen MR) is 75.7 cm³/mol. The van der Waals surface area contributed by atoms with E-state index in [2.05, 4.69) is 0 Å². The second-order valence-corrected chi connectivity index (χ2v) is 4.05. The molecule has 0 N–H and O–H groups in total. The Kier molecular flexibility index (Phi) is 4.07. The molecule has 0 aliphatic rings. The summed E-state index contributed by atoms with van der Waals surface area (Å²) in [7, 11) is 0. The van der Waals surface area contributed by atoms with E-state index >= 15 is 0 Å². The van der Waals surface area contributed by atoms with Gasteiger partial charge in [-0.25, -0.2) is 0 Å². The number of ketones is 1. The van der Waals surface area contributed by atoms with Crippen molar-refractivity contribution in [3.8, 4) is 12.1 Å². The summed E-state index contributed by atoms with van der Waals surface area (Å²) in [6, 6.07) is 17.8. The lowest BCUT2D eigenvalue weighted by atomic mass is 10.0. The van der Waals surface area contributed by atoms with Crippen LogP contribution < -0.4 is 0 Å². The summed E-state index contributed by atoms with van der Waals surface area (Å²) in [6.07, 6.45) is 2.90. The van der Waals surface area contributed by atoms with Crippen LogP contribution in [0.2, 0.25) is 0 Å². The molecule has 0 saturated carbocycles. The summed E-state index contributed by atoms with van der Waals surface area (Å²) < 4.78 is 0. The molecule has 0 aliphatic heterocycles. The Hall–Kier alpha value is -3.17. The molecule has 0 aliphatic carbocycles. The van der Waals surface area contributed by atoms with Gasteiger partial charge in [0, 0.05) is 11.1 Å². The molecule has 2 rings (SSSR count). The first-order valence-corrected chi connectivity index (χ1v) is 5.97. The third-order valence-corrected chi connectivity index (χ3v) is 2.81. The van der Waals surface area contributed by atoms with Crippen molar-refractivity contribution >= 4 is 11.9 Å². The summed E-state index contributed by atoms with van der Waals surface area (Å²) >= 11 is 0. The number of carbonyl (C=O) groups excluding carboxylic acids is 1. The van der Waals surface area contributed by atoms with Crippen LogP contribution >= 0.6 is 0 Å². The van der Waals surface area contributed by atoms with Crippen LogP contribution in [-0.4, -0.2) is 5.78 Å². The molecule has 0 atom stereocenters. The van der Waals surface area contributed by atoms with Crippen LogP contribution in [-0.2, 0) is 0 Å². The highest BCUT2D eigenvalue weighted by Gasteiger charge is 2.06. The van der Waals surface area contributed by atoms with Gasteiger partial charge in [-0.15, -0.1) is 0 Å². The van der Waals surface area contributed by atoms with Crippen LogP contribution in [0.5, 0.6) is 0 Å². The summed E-state index contributed by atoms with van der Waals surface area (Å²) in [5, 5.41) is 18.1. The van der Waals surface area contributed by atoms with Crippen molar-refractivity contribution in [2.75, 3.05) is 0 Å². The molecular weight excluding hydrogens is 248 g/mol. The molecule has 0 aromatic heterocycles. The third-order valence-electron chi connectivity index (χ3n) is 2.81.